The molecule has 1 N–H and O–H groups in total. The summed E-state index contributed by atoms with van der Waals surface area (Å²) in [5.74, 6) is 0.509. The molecule has 6 heteroatoms. The second-order valence-corrected chi connectivity index (χ2v) is 7.02. The van der Waals surface area contributed by atoms with Gasteiger partial charge in [-0.15, -0.1) is 0 Å². The Bertz CT molecular complexity index is 907. The molecule has 1 aliphatic rings. The Morgan fingerprint density at radius 3 is 2.58 bits per heavy atom. The largest absolute Gasteiger partial charge is 0.378 e. The average molecular weight is 349 g/mol. The number of nitrogens with one attached hydrogen (secondary N) is 1. The van der Waals surface area contributed by atoms with Crippen LogP contribution < -0.4 is 4.90 Å². The zero-order valence-corrected chi connectivity index (χ0v) is 15.1. The minimum Gasteiger partial charge on any atom is -0.378 e. The highest BCUT2D eigenvalue weighted by atomic mass is 16.2. The molecule has 1 saturated heterocycles. The first-order valence-electron chi connectivity index (χ1n) is 8.99. The summed E-state index contributed by atoms with van der Waals surface area (Å²) in [6.45, 7) is 1.53. The number of likely N-dealkylation sites (tertiary alicyclic amines) is 1. The van der Waals surface area contributed by atoms with Gasteiger partial charge in [-0.2, -0.15) is 5.10 Å². The summed E-state index contributed by atoms with van der Waals surface area (Å²) in [6.07, 6.45) is 3.64. The van der Waals surface area contributed by atoms with E-state index in [1.165, 1.54) is 0 Å². The molecule has 0 spiro atoms. The lowest BCUT2D eigenvalue weighted by Crippen LogP contribution is -2.38. The van der Waals surface area contributed by atoms with Gasteiger partial charge >= 0.3 is 0 Å². The molecule has 0 saturated carbocycles. The Balaban J connectivity index is 1.44. The van der Waals surface area contributed by atoms with E-state index in [1.54, 1.807) is 6.20 Å². The van der Waals surface area contributed by atoms with E-state index in [9.17, 15) is 4.79 Å². The van der Waals surface area contributed by atoms with Gasteiger partial charge in [0.2, 0.25) is 0 Å². The lowest BCUT2D eigenvalue weighted by Gasteiger charge is -2.31. The Labute approximate surface area is 152 Å². The molecule has 1 aliphatic heterocycles. The summed E-state index contributed by atoms with van der Waals surface area (Å²) in [7, 11) is 3.99. The molecule has 0 bridgehead atoms. The summed E-state index contributed by atoms with van der Waals surface area (Å²) in [5, 5.41) is 8.55. The van der Waals surface area contributed by atoms with Crippen molar-refractivity contribution in [3.63, 3.8) is 0 Å². The number of nitrogens with zero attached hydrogens (tertiary/aromatic N) is 4. The first-order chi connectivity index (χ1) is 12.6. The second kappa shape index (κ2) is 6.78. The average Bonchev–Trinajstić information content (AvgIpc) is 3.12. The van der Waals surface area contributed by atoms with Gasteiger partial charge < -0.3 is 9.80 Å². The van der Waals surface area contributed by atoms with E-state index < -0.39 is 0 Å². The monoisotopic (exact) mass is 349 g/mol. The fourth-order valence-corrected chi connectivity index (χ4v) is 3.64. The molecular weight excluding hydrogens is 326 g/mol. The van der Waals surface area contributed by atoms with Gasteiger partial charge in [0.05, 0.1) is 0 Å². The van der Waals surface area contributed by atoms with E-state index in [0.29, 0.717) is 5.92 Å². The van der Waals surface area contributed by atoms with Gasteiger partial charge in [-0.05, 0) is 49.2 Å². The van der Waals surface area contributed by atoms with Gasteiger partial charge in [0.25, 0.3) is 5.91 Å². The van der Waals surface area contributed by atoms with Crippen molar-refractivity contribution in [3.8, 4) is 0 Å². The van der Waals surface area contributed by atoms with E-state index in [0.717, 1.165) is 53.9 Å². The molecule has 26 heavy (non-hydrogen) atoms. The topological polar surface area (TPSA) is 65.1 Å². The summed E-state index contributed by atoms with van der Waals surface area (Å²) in [6, 6.07) is 11.8. The summed E-state index contributed by atoms with van der Waals surface area (Å²) >= 11 is 0. The predicted molar refractivity (Wildman–Crippen MR) is 103 cm³/mol. The Morgan fingerprint density at radius 1 is 1.15 bits per heavy atom. The van der Waals surface area contributed by atoms with Crippen molar-refractivity contribution in [2.45, 2.75) is 18.8 Å². The van der Waals surface area contributed by atoms with Crippen LogP contribution in [0.1, 0.15) is 34.8 Å². The van der Waals surface area contributed by atoms with Crippen molar-refractivity contribution < 1.29 is 4.79 Å². The maximum atomic E-state index is 12.8. The van der Waals surface area contributed by atoms with Crippen LogP contribution in [0.3, 0.4) is 0 Å². The Hall–Kier alpha value is -2.89. The number of aromatic nitrogens is 3. The second-order valence-electron chi connectivity index (χ2n) is 7.02. The van der Waals surface area contributed by atoms with E-state index in [-0.39, 0.29) is 5.91 Å². The molecule has 6 nitrogen and oxygen atoms in total. The molecule has 0 unspecified atom stereocenters. The number of benzene rings is 1. The minimum atomic E-state index is 0.116. The molecule has 1 fully saturated rings. The number of pyridine rings is 1. The van der Waals surface area contributed by atoms with Crippen LogP contribution in [-0.4, -0.2) is 53.2 Å². The highest BCUT2D eigenvalue weighted by Gasteiger charge is 2.26. The van der Waals surface area contributed by atoms with E-state index in [4.69, 9.17) is 0 Å². The van der Waals surface area contributed by atoms with Crippen LogP contribution in [-0.2, 0) is 0 Å². The molecule has 2 aromatic heterocycles. The number of rotatable bonds is 3. The highest BCUT2D eigenvalue weighted by molar-refractivity contribution is 5.94. The number of hydrogen-bond acceptors (Lipinski definition) is 4. The van der Waals surface area contributed by atoms with E-state index in [2.05, 4.69) is 21.2 Å². The van der Waals surface area contributed by atoms with Gasteiger partial charge in [-0.25, -0.2) is 4.98 Å². The van der Waals surface area contributed by atoms with Gasteiger partial charge in [0.15, 0.2) is 5.65 Å². The number of anilines is 1. The van der Waals surface area contributed by atoms with E-state index >= 15 is 0 Å². The predicted octanol–water partition coefficient (Wildman–Crippen LogP) is 3.04. The van der Waals surface area contributed by atoms with Crippen molar-refractivity contribution >= 4 is 22.6 Å². The van der Waals surface area contributed by atoms with Gasteiger partial charge in [0.1, 0.15) is 0 Å². The van der Waals surface area contributed by atoms with Gasteiger partial charge in [-0.1, -0.05) is 0 Å². The molecule has 0 atom stereocenters. The van der Waals surface area contributed by atoms with Crippen molar-refractivity contribution in [2.75, 3.05) is 32.1 Å². The summed E-state index contributed by atoms with van der Waals surface area (Å²) < 4.78 is 0. The molecule has 1 aromatic carbocycles. The number of amides is 1. The van der Waals surface area contributed by atoms with Crippen LogP contribution in [0.4, 0.5) is 5.69 Å². The highest BCUT2D eigenvalue weighted by Crippen LogP contribution is 2.31. The minimum absolute atomic E-state index is 0.116. The normalized spacial score (nSPS) is 15.4. The van der Waals surface area contributed by atoms with Crippen molar-refractivity contribution in [1.29, 1.82) is 0 Å². The van der Waals surface area contributed by atoms with E-state index in [1.807, 2.05) is 54.2 Å². The first kappa shape index (κ1) is 16.6. The van der Waals surface area contributed by atoms with Crippen LogP contribution in [0.15, 0.2) is 42.6 Å². The maximum Gasteiger partial charge on any atom is 0.253 e. The third-order valence-electron chi connectivity index (χ3n) is 5.18. The zero-order chi connectivity index (χ0) is 18.1. The van der Waals surface area contributed by atoms with Crippen molar-refractivity contribution in [3.05, 3.63) is 53.9 Å². The quantitative estimate of drug-likeness (QED) is 0.789. The SMILES string of the molecule is CN(C)c1ccc(C(=O)N2CCC(c3[nH]nc4ncccc34)CC2)cc1. The number of hydrogen-bond donors (Lipinski definition) is 1. The lowest BCUT2D eigenvalue weighted by molar-refractivity contribution is 0.0712. The third-order valence-corrected chi connectivity index (χ3v) is 5.18. The zero-order valence-electron chi connectivity index (χ0n) is 15.1. The number of aromatic amines is 1. The fourth-order valence-electron chi connectivity index (χ4n) is 3.64. The first-order valence-corrected chi connectivity index (χ1v) is 8.99. The number of H-pyrrole nitrogens is 1. The smallest absolute Gasteiger partial charge is 0.253 e. The van der Waals surface area contributed by atoms with Gasteiger partial charge in [-0.3, -0.25) is 9.89 Å². The van der Waals surface area contributed by atoms with Crippen LogP contribution in [0.25, 0.3) is 11.0 Å². The van der Waals surface area contributed by atoms with Crippen LogP contribution >= 0.6 is 0 Å². The maximum absolute atomic E-state index is 12.8. The molecule has 0 radical (unpaired) electrons. The van der Waals surface area contributed by atoms with Crippen LogP contribution in [0.2, 0.25) is 0 Å². The number of carbonyl (C=O) groups is 1. The number of fused-ring (bicyclic) bond motifs is 1. The lowest BCUT2D eigenvalue weighted by atomic mass is 9.91. The fraction of sp³-hybridized carbons (Fsp3) is 0.350. The summed E-state index contributed by atoms with van der Waals surface area (Å²) in [4.78, 5) is 21.0. The standard InChI is InChI=1S/C20H23N5O/c1-24(2)16-7-5-15(6-8-16)20(26)25-12-9-14(10-13-25)18-17-4-3-11-21-19(17)23-22-18/h3-8,11,14H,9-10,12-13H2,1-2H3,(H,21,22,23). The molecule has 3 aromatic rings. The molecule has 3 heterocycles. The molecule has 1 amide bonds. The third kappa shape index (κ3) is 3.03. The Morgan fingerprint density at radius 2 is 1.88 bits per heavy atom. The molecule has 4 rings (SSSR count). The molecule has 134 valence electrons. The van der Waals surface area contributed by atoms with Crippen LogP contribution in [0.5, 0.6) is 0 Å². The van der Waals surface area contributed by atoms with Gasteiger partial charge in [0, 0.05) is 61.6 Å². The van der Waals surface area contributed by atoms with Crippen LogP contribution in [0, 0.1) is 0 Å². The van der Waals surface area contributed by atoms with Crippen molar-refractivity contribution in [1.82, 2.24) is 20.1 Å². The number of piperidine rings is 1. The number of carbonyl (C=O) groups excluding carboxylic acids is 1. The van der Waals surface area contributed by atoms with Crippen molar-refractivity contribution in [2.24, 2.45) is 0 Å². The molecule has 0 aliphatic carbocycles. The summed E-state index contributed by atoms with van der Waals surface area (Å²) in [5.41, 5.74) is 3.77. The Kier molecular flexibility index (Phi) is 4.32. The molecular formula is C20H23N5O.